The maximum Gasteiger partial charge on any atom is 0.131 e. The molecular formula is C12H14ClN3. The number of rotatable bonds is 1. The van der Waals surface area contributed by atoms with E-state index < -0.39 is 0 Å². The SMILES string of the molecule is Clc1cccc2cnc(C3CCCCN3)n12. The van der Waals surface area contributed by atoms with E-state index in [0.29, 0.717) is 6.04 Å². The van der Waals surface area contributed by atoms with Gasteiger partial charge in [0.1, 0.15) is 11.0 Å². The summed E-state index contributed by atoms with van der Waals surface area (Å²) in [5.74, 6) is 1.04. The van der Waals surface area contributed by atoms with Crippen LogP contribution in [0, 0.1) is 0 Å². The normalized spacial score (nSPS) is 21.4. The Morgan fingerprint density at radius 2 is 2.31 bits per heavy atom. The van der Waals surface area contributed by atoms with Gasteiger partial charge >= 0.3 is 0 Å². The molecule has 0 aromatic carbocycles. The van der Waals surface area contributed by atoms with Crippen LogP contribution in [0.3, 0.4) is 0 Å². The van der Waals surface area contributed by atoms with Crippen molar-refractivity contribution >= 4 is 17.1 Å². The number of piperidine rings is 1. The van der Waals surface area contributed by atoms with Gasteiger partial charge in [0.25, 0.3) is 0 Å². The zero-order valence-electron chi connectivity index (χ0n) is 8.99. The Bertz CT molecular complexity index is 500. The van der Waals surface area contributed by atoms with E-state index in [1.807, 2.05) is 28.8 Å². The summed E-state index contributed by atoms with van der Waals surface area (Å²) in [5, 5.41) is 4.23. The molecule has 0 saturated carbocycles. The molecule has 4 heteroatoms. The molecule has 0 radical (unpaired) electrons. The highest BCUT2D eigenvalue weighted by atomic mass is 35.5. The second kappa shape index (κ2) is 4.07. The fraction of sp³-hybridized carbons (Fsp3) is 0.417. The van der Waals surface area contributed by atoms with E-state index in [0.717, 1.165) is 29.5 Å². The molecule has 0 aliphatic carbocycles. The first kappa shape index (κ1) is 10.1. The predicted molar refractivity (Wildman–Crippen MR) is 64.8 cm³/mol. The number of nitrogens with one attached hydrogen (secondary N) is 1. The molecule has 3 rings (SSSR count). The van der Waals surface area contributed by atoms with E-state index in [9.17, 15) is 0 Å². The molecule has 1 saturated heterocycles. The zero-order valence-corrected chi connectivity index (χ0v) is 9.74. The Hall–Kier alpha value is -1.06. The Labute approximate surface area is 99.4 Å². The summed E-state index contributed by atoms with van der Waals surface area (Å²) in [7, 11) is 0. The third-order valence-corrected chi connectivity index (χ3v) is 3.45. The van der Waals surface area contributed by atoms with E-state index in [-0.39, 0.29) is 0 Å². The molecule has 0 amide bonds. The van der Waals surface area contributed by atoms with Crippen molar-refractivity contribution in [2.45, 2.75) is 25.3 Å². The second-order valence-electron chi connectivity index (χ2n) is 4.23. The summed E-state index contributed by atoms with van der Waals surface area (Å²) < 4.78 is 2.03. The lowest BCUT2D eigenvalue weighted by molar-refractivity contribution is 0.396. The van der Waals surface area contributed by atoms with Gasteiger partial charge in [-0.15, -0.1) is 0 Å². The van der Waals surface area contributed by atoms with Gasteiger partial charge in [0, 0.05) is 0 Å². The third kappa shape index (κ3) is 1.60. The van der Waals surface area contributed by atoms with Crippen LogP contribution in [-0.2, 0) is 0 Å². The Kier molecular flexibility index (Phi) is 2.58. The molecular weight excluding hydrogens is 222 g/mol. The number of fused-ring (bicyclic) bond motifs is 1. The fourth-order valence-electron chi connectivity index (χ4n) is 2.35. The van der Waals surface area contributed by atoms with Crippen LogP contribution in [0.2, 0.25) is 5.15 Å². The zero-order chi connectivity index (χ0) is 11.0. The van der Waals surface area contributed by atoms with Crippen molar-refractivity contribution in [2.75, 3.05) is 6.54 Å². The van der Waals surface area contributed by atoms with Crippen LogP contribution in [-0.4, -0.2) is 15.9 Å². The Balaban J connectivity index is 2.09. The van der Waals surface area contributed by atoms with Crippen LogP contribution >= 0.6 is 11.6 Å². The van der Waals surface area contributed by atoms with Crippen molar-refractivity contribution in [1.29, 1.82) is 0 Å². The Morgan fingerprint density at radius 1 is 1.38 bits per heavy atom. The number of nitrogens with zero attached hydrogens (tertiary/aromatic N) is 2. The molecule has 1 aliphatic heterocycles. The highest BCUT2D eigenvalue weighted by molar-refractivity contribution is 6.29. The lowest BCUT2D eigenvalue weighted by Gasteiger charge is -2.22. The van der Waals surface area contributed by atoms with E-state index in [4.69, 9.17) is 11.6 Å². The third-order valence-electron chi connectivity index (χ3n) is 3.15. The molecule has 1 aliphatic rings. The minimum absolute atomic E-state index is 0.344. The summed E-state index contributed by atoms with van der Waals surface area (Å²) in [6, 6.07) is 6.24. The molecule has 1 atom stereocenters. The highest BCUT2D eigenvalue weighted by Crippen LogP contribution is 2.25. The van der Waals surface area contributed by atoms with Crippen LogP contribution in [0.15, 0.2) is 24.4 Å². The number of hydrogen-bond donors (Lipinski definition) is 1. The van der Waals surface area contributed by atoms with Crippen LogP contribution in [0.1, 0.15) is 31.1 Å². The van der Waals surface area contributed by atoms with Gasteiger partial charge in [0.05, 0.1) is 17.8 Å². The lowest BCUT2D eigenvalue weighted by atomic mass is 10.0. The Morgan fingerprint density at radius 3 is 3.12 bits per heavy atom. The lowest BCUT2D eigenvalue weighted by Crippen LogP contribution is -2.28. The molecule has 1 N–H and O–H groups in total. The minimum atomic E-state index is 0.344. The average molecular weight is 236 g/mol. The van der Waals surface area contributed by atoms with Gasteiger partial charge in [-0.25, -0.2) is 4.98 Å². The molecule has 3 nitrogen and oxygen atoms in total. The maximum absolute atomic E-state index is 6.22. The van der Waals surface area contributed by atoms with Crippen molar-refractivity contribution in [1.82, 2.24) is 14.7 Å². The van der Waals surface area contributed by atoms with E-state index in [2.05, 4.69) is 10.3 Å². The van der Waals surface area contributed by atoms with Gasteiger partial charge in [-0.1, -0.05) is 24.1 Å². The first-order chi connectivity index (χ1) is 7.86. The number of aromatic nitrogens is 2. The number of halogens is 1. The molecule has 16 heavy (non-hydrogen) atoms. The van der Waals surface area contributed by atoms with Crippen molar-refractivity contribution in [3.63, 3.8) is 0 Å². The minimum Gasteiger partial charge on any atom is -0.307 e. The molecule has 0 bridgehead atoms. The van der Waals surface area contributed by atoms with Crippen LogP contribution in [0.25, 0.3) is 5.52 Å². The standard InChI is InChI=1S/C12H14ClN3/c13-11-6-3-4-9-8-15-12(16(9)11)10-5-1-2-7-14-10/h3-4,6,8,10,14H,1-2,5,7H2. The first-order valence-electron chi connectivity index (χ1n) is 5.71. The molecule has 1 unspecified atom stereocenters. The quantitative estimate of drug-likeness (QED) is 0.771. The molecule has 84 valence electrons. The second-order valence-corrected chi connectivity index (χ2v) is 4.61. The van der Waals surface area contributed by atoms with Crippen LogP contribution < -0.4 is 5.32 Å². The highest BCUT2D eigenvalue weighted by Gasteiger charge is 2.19. The molecule has 2 aromatic heterocycles. The number of hydrogen-bond acceptors (Lipinski definition) is 2. The smallest absolute Gasteiger partial charge is 0.131 e. The molecule has 3 heterocycles. The van der Waals surface area contributed by atoms with Crippen LogP contribution in [0.4, 0.5) is 0 Å². The summed E-state index contributed by atoms with van der Waals surface area (Å²) in [4.78, 5) is 4.50. The largest absolute Gasteiger partial charge is 0.307 e. The number of pyridine rings is 1. The molecule has 1 fully saturated rings. The summed E-state index contributed by atoms with van der Waals surface area (Å²) in [6.45, 7) is 1.07. The van der Waals surface area contributed by atoms with Gasteiger partial charge < -0.3 is 5.32 Å². The van der Waals surface area contributed by atoms with Gasteiger partial charge in [0.2, 0.25) is 0 Å². The first-order valence-corrected chi connectivity index (χ1v) is 6.09. The molecule has 0 spiro atoms. The van der Waals surface area contributed by atoms with Gasteiger partial charge in [-0.05, 0) is 31.5 Å². The average Bonchev–Trinajstić information content (AvgIpc) is 2.75. The predicted octanol–water partition coefficient (Wildman–Crippen LogP) is 2.80. The maximum atomic E-state index is 6.22. The van der Waals surface area contributed by atoms with E-state index in [1.165, 1.54) is 12.8 Å². The van der Waals surface area contributed by atoms with E-state index >= 15 is 0 Å². The summed E-state index contributed by atoms with van der Waals surface area (Å²) in [6.07, 6.45) is 5.55. The summed E-state index contributed by atoms with van der Waals surface area (Å²) in [5.41, 5.74) is 1.06. The fourth-order valence-corrected chi connectivity index (χ4v) is 2.61. The topological polar surface area (TPSA) is 29.3 Å². The summed E-state index contributed by atoms with van der Waals surface area (Å²) >= 11 is 6.22. The van der Waals surface area contributed by atoms with Crippen molar-refractivity contribution in [2.24, 2.45) is 0 Å². The van der Waals surface area contributed by atoms with E-state index in [1.54, 1.807) is 0 Å². The van der Waals surface area contributed by atoms with Gasteiger partial charge in [-0.2, -0.15) is 0 Å². The van der Waals surface area contributed by atoms with Crippen LogP contribution in [0.5, 0.6) is 0 Å². The van der Waals surface area contributed by atoms with Gasteiger partial charge in [-0.3, -0.25) is 4.40 Å². The monoisotopic (exact) mass is 235 g/mol. The van der Waals surface area contributed by atoms with Crippen molar-refractivity contribution < 1.29 is 0 Å². The molecule has 2 aromatic rings. The van der Waals surface area contributed by atoms with Gasteiger partial charge in [0.15, 0.2) is 0 Å². The van der Waals surface area contributed by atoms with Crippen molar-refractivity contribution in [3.8, 4) is 0 Å². The van der Waals surface area contributed by atoms with Crippen molar-refractivity contribution in [3.05, 3.63) is 35.4 Å². The number of imidazole rings is 1.